The van der Waals surface area contributed by atoms with E-state index < -0.39 is 17.8 Å². The second-order valence-electron chi connectivity index (χ2n) is 7.70. The first kappa shape index (κ1) is 23.7. The lowest BCUT2D eigenvalue weighted by Crippen LogP contribution is -2.25. The van der Waals surface area contributed by atoms with Gasteiger partial charge in [0.05, 0.1) is 17.8 Å². The van der Waals surface area contributed by atoms with Crippen LogP contribution in [0.15, 0.2) is 24.8 Å². The van der Waals surface area contributed by atoms with Crippen LogP contribution in [0.3, 0.4) is 0 Å². The molecule has 0 aromatic heterocycles. The summed E-state index contributed by atoms with van der Waals surface area (Å²) >= 11 is 1.96. The zero-order valence-corrected chi connectivity index (χ0v) is 17.6. The summed E-state index contributed by atoms with van der Waals surface area (Å²) in [5.74, 6) is 2.45. The number of hydrogen-bond acceptors (Lipinski definition) is 4. The van der Waals surface area contributed by atoms with Gasteiger partial charge in [0, 0.05) is 12.3 Å². The van der Waals surface area contributed by atoms with E-state index in [1.54, 1.807) is 6.08 Å². The maximum absolute atomic E-state index is 10.6. The molecule has 0 amide bonds. The smallest absolute Gasteiger partial charge is 0.0859 e. The molecule has 1 fully saturated rings. The third-order valence-electron chi connectivity index (χ3n) is 5.62. The van der Waals surface area contributed by atoms with Gasteiger partial charge in [-0.15, -0.1) is 6.58 Å². The van der Waals surface area contributed by atoms with Crippen LogP contribution in [0.4, 0.5) is 0 Å². The van der Waals surface area contributed by atoms with E-state index in [0.29, 0.717) is 12.8 Å². The molecule has 26 heavy (non-hydrogen) atoms. The van der Waals surface area contributed by atoms with Crippen molar-refractivity contribution in [3.05, 3.63) is 24.8 Å². The molecule has 0 radical (unpaired) electrons. The Morgan fingerprint density at radius 1 is 1.12 bits per heavy atom. The Morgan fingerprint density at radius 2 is 1.88 bits per heavy atom. The first-order chi connectivity index (χ1) is 12.5. The minimum atomic E-state index is -0.860. The Morgan fingerprint density at radius 3 is 2.54 bits per heavy atom. The van der Waals surface area contributed by atoms with Crippen molar-refractivity contribution in [1.29, 1.82) is 0 Å². The highest BCUT2D eigenvalue weighted by molar-refractivity contribution is 7.99. The fourth-order valence-electron chi connectivity index (χ4n) is 3.90. The minimum Gasteiger partial charge on any atom is -0.393 e. The second-order valence-corrected chi connectivity index (χ2v) is 9.10. The molecule has 1 saturated carbocycles. The molecule has 0 saturated heterocycles. The summed E-state index contributed by atoms with van der Waals surface area (Å²) in [6.45, 7) is 8.12. The summed E-state index contributed by atoms with van der Waals surface area (Å²) in [7, 11) is 0. The average molecular weight is 385 g/mol. The normalized spacial score (nSPS) is 28.5. The molecule has 0 spiro atoms. The summed E-state index contributed by atoms with van der Waals surface area (Å²) in [6.07, 6.45) is 13.0. The highest BCUT2D eigenvalue weighted by Crippen LogP contribution is 2.37. The monoisotopic (exact) mass is 384 g/mol. The molecule has 0 aromatic carbocycles. The predicted molar refractivity (Wildman–Crippen MR) is 114 cm³/mol. The number of thioether (sulfide) groups is 1. The zero-order chi connectivity index (χ0) is 19.4. The van der Waals surface area contributed by atoms with Gasteiger partial charge in [-0.25, -0.2) is 0 Å². The van der Waals surface area contributed by atoms with E-state index in [1.807, 2.05) is 23.9 Å². The number of aliphatic hydroxyl groups is 3. The van der Waals surface area contributed by atoms with Gasteiger partial charge in [-0.1, -0.05) is 57.8 Å². The SMILES string of the molecule is C=CC(O)(CC=C[C@@H]1[C@@H](CCCCSCC)[C@@H](O)C[C@H]1O)CCCCC. The average Bonchev–Trinajstić information content (AvgIpc) is 2.88. The first-order valence-corrected chi connectivity index (χ1v) is 11.6. The summed E-state index contributed by atoms with van der Waals surface area (Å²) in [6, 6.07) is 0. The first-order valence-electron chi connectivity index (χ1n) is 10.4. The standard InChI is InChI=1S/C22H40O3S/c1-4-7-9-14-22(25,5-2)15-11-13-19-18(20(23)17-21(19)24)12-8-10-16-26-6-3/h5,11,13,18-21,23-25H,2,4,6-10,12,14-17H2,1,3H3/t18-,19-,20+,21-,22?/m1/s1. The van der Waals surface area contributed by atoms with Crippen LogP contribution in [0.2, 0.25) is 0 Å². The Labute approximate surface area is 165 Å². The van der Waals surface area contributed by atoms with Crippen LogP contribution >= 0.6 is 11.8 Å². The Kier molecular flexibility index (Phi) is 11.9. The van der Waals surface area contributed by atoms with Gasteiger partial charge in [0.1, 0.15) is 0 Å². The van der Waals surface area contributed by atoms with Gasteiger partial charge in [0.25, 0.3) is 0 Å². The lowest BCUT2D eigenvalue weighted by molar-refractivity contribution is 0.0813. The summed E-state index contributed by atoms with van der Waals surface area (Å²) in [5, 5.41) is 31.3. The fourth-order valence-corrected chi connectivity index (χ4v) is 4.60. The van der Waals surface area contributed by atoms with E-state index in [4.69, 9.17) is 0 Å². The number of aliphatic hydroxyl groups excluding tert-OH is 2. The molecular formula is C22H40O3S. The Balaban J connectivity index is 2.54. The van der Waals surface area contributed by atoms with Gasteiger partial charge < -0.3 is 15.3 Å². The van der Waals surface area contributed by atoms with Crippen LogP contribution in [0.25, 0.3) is 0 Å². The Bertz CT molecular complexity index is 412. The van der Waals surface area contributed by atoms with Crippen molar-refractivity contribution in [2.24, 2.45) is 11.8 Å². The molecule has 0 aliphatic heterocycles. The highest BCUT2D eigenvalue weighted by Gasteiger charge is 2.39. The van der Waals surface area contributed by atoms with Gasteiger partial charge >= 0.3 is 0 Å². The molecule has 1 aliphatic carbocycles. The van der Waals surface area contributed by atoms with Crippen LogP contribution in [0.1, 0.15) is 71.6 Å². The quantitative estimate of drug-likeness (QED) is 0.300. The van der Waals surface area contributed by atoms with E-state index in [-0.39, 0.29) is 11.8 Å². The molecule has 0 bridgehead atoms. The van der Waals surface area contributed by atoms with Crippen LogP contribution in [0.5, 0.6) is 0 Å². The van der Waals surface area contributed by atoms with Crippen molar-refractivity contribution in [3.8, 4) is 0 Å². The van der Waals surface area contributed by atoms with Crippen molar-refractivity contribution < 1.29 is 15.3 Å². The minimum absolute atomic E-state index is 0.00599. The molecular weight excluding hydrogens is 344 g/mol. The van der Waals surface area contributed by atoms with Crippen molar-refractivity contribution in [1.82, 2.24) is 0 Å². The van der Waals surface area contributed by atoms with Crippen LogP contribution in [0, 0.1) is 11.8 Å². The maximum atomic E-state index is 10.6. The molecule has 1 aliphatic rings. The molecule has 4 heteroatoms. The van der Waals surface area contributed by atoms with Gasteiger partial charge in [0.15, 0.2) is 0 Å². The van der Waals surface area contributed by atoms with E-state index in [2.05, 4.69) is 20.4 Å². The Hall–Kier alpha value is -0.290. The molecule has 3 nitrogen and oxygen atoms in total. The molecule has 1 unspecified atom stereocenters. The molecule has 5 atom stereocenters. The van der Waals surface area contributed by atoms with E-state index in [9.17, 15) is 15.3 Å². The number of unbranched alkanes of at least 4 members (excludes halogenated alkanes) is 3. The predicted octanol–water partition coefficient (Wildman–Crippen LogP) is 4.71. The topological polar surface area (TPSA) is 60.7 Å². The maximum Gasteiger partial charge on any atom is 0.0859 e. The van der Waals surface area contributed by atoms with Crippen LogP contribution in [-0.4, -0.2) is 44.6 Å². The third-order valence-corrected chi connectivity index (χ3v) is 6.60. The molecule has 0 aromatic rings. The second kappa shape index (κ2) is 13.0. The van der Waals surface area contributed by atoms with Crippen molar-refractivity contribution in [2.45, 2.75) is 89.4 Å². The highest BCUT2D eigenvalue weighted by atomic mass is 32.2. The number of rotatable bonds is 14. The van der Waals surface area contributed by atoms with Gasteiger partial charge in [-0.05, 0) is 43.1 Å². The van der Waals surface area contributed by atoms with Crippen molar-refractivity contribution >= 4 is 11.8 Å². The summed E-state index contributed by atoms with van der Waals surface area (Å²) in [5.41, 5.74) is -0.860. The van der Waals surface area contributed by atoms with Gasteiger partial charge in [-0.3, -0.25) is 0 Å². The van der Waals surface area contributed by atoms with E-state index >= 15 is 0 Å². The van der Waals surface area contributed by atoms with Crippen molar-refractivity contribution in [2.75, 3.05) is 11.5 Å². The molecule has 152 valence electrons. The number of hydrogen-bond donors (Lipinski definition) is 3. The van der Waals surface area contributed by atoms with Gasteiger partial charge in [-0.2, -0.15) is 11.8 Å². The van der Waals surface area contributed by atoms with E-state index in [1.165, 1.54) is 12.2 Å². The third kappa shape index (κ3) is 8.16. The fraction of sp³-hybridized carbons (Fsp3) is 0.818. The summed E-state index contributed by atoms with van der Waals surface area (Å²) < 4.78 is 0. The lowest BCUT2D eigenvalue weighted by Gasteiger charge is -2.24. The summed E-state index contributed by atoms with van der Waals surface area (Å²) in [4.78, 5) is 0. The molecule has 1 rings (SSSR count). The van der Waals surface area contributed by atoms with E-state index in [0.717, 1.165) is 44.3 Å². The van der Waals surface area contributed by atoms with Crippen LogP contribution in [-0.2, 0) is 0 Å². The largest absolute Gasteiger partial charge is 0.393 e. The lowest BCUT2D eigenvalue weighted by atomic mass is 9.87. The van der Waals surface area contributed by atoms with Crippen molar-refractivity contribution in [3.63, 3.8) is 0 Å². The zero-order valence-electron chi connectivity index (χ0n) is 16.8. The van der Waals surface area contributed by atoms with Gasteiger partial charge in [0.2, 0.25) is 0 Å². The van der Waals surface area contributed by atoms with Crippen LogP contribution < -0.4 is 0 Å². The molecule has 0 heterocycles. The molecule has 3 N–H and O–H groups in total.